The average Bonchev–Trinajstić information content (AvgIpc) is 2.07. The van der Waals surface area contributed by atoms with Gasteiger partial charge in [-0.15, -0.1) is 0 Å². The first kappa shape index (κ1) is 9.75. The first-order valence-electron chi connectivity index (χ1n) is 3.98. The number of halogens is 1. The van der Waals surface area contributed by atoms with Gasteiger partial charge >= 0.3 is 0 Å². The van der Waals surface area contributed by atoms with E-state index in [1.54, 1.807) is 7.11 Å². The average molecular weight is 229 g/mol. The van der Waals surface area contributed by atoms with E-state index in [0.29, 0.717) is 0 Å². The van der Waals surface area contributed by atoms with Crippen LogP contribution in [0.5, 0.6) is 0 Å². The van der Waals surface area contributed by atoms with Crippen LogP contribution in [0.15, 0.2) is 22.7 Å². The van der Waals surface area contributed by atoms with Gasteiger partial charge in [0, 0.05) is 11.6 Å². The molecule has 0 amide bonds. The van der Waals surface area contributed by atoms with Crippen molar-refractivity contribution in [2.75, 3.05) is 13.7 Å². The van der Waals surface area contributed by atoms with Crippen LogP contribution in [-0.2, 0) is 11.2 Å². The normalized spacial score (nSPS) is 10.2. The van der Waals surface area contributed by atoms with Gasteiger partial charge in [0.2, 0.25) is 0 Å². The van der Waals surface area contributed by atoms with E-state index in [0.717, 1.165) is 13.0 Å². The van der Waals surface area contributed by atoms with Crippen molar-refractivity contribution in [3.63, 3.8) is 0 Å². The number of hydrogen-bond acceptors (Lipinski definition) is 1. The lowest BCUT2D eigenvalue weighted by molar-refractivity contribution is 0.202. The van der Waals surface area contributed by atoms with E-state index in [1.807, 2.05) is 0 Å². The van der Waals surface area contributed by atoms with E-state index in [4.69, 9.17) is 4.74 Å². The molecule has 12 heavy (non-hydrogen) atoms. The maximum absolute atomic E-state index is 5.00. The number of rotatable bonds is 3. The minimum atomic E-state index is 0.787. The van der Waals surface area contributed by atoms with Gasteiger partial charge in [-0.25, -0.2) is 0 Å². The molecular weight excluding hydrogens is 216 g/mol. The summed E-state index contributed by atoms with van der Waals surface area (Å²) in [7, 11) is 1.73. The molecule has 1 nitrogen and oxygen atoms in total. The quantitative estimate of drug-likeness (QED) is 0.774. The van der Waals surface area contributed by atoms with Gasteiger partial charge in [0.25, 0.3) is 0 Å². The summed E-state index contributed by atoms with van der Waals surface area (Å²) in [5.74, 6) is 0. The molecule has 0 fully saturated rings. The molecule has 0 bridgehead atoms. The molecule has 0 saturated heterocycles. The van der Waals surface area contributed by atoms with E-state index in [9.17, 15) is 0 Å². The molecule has 0 aromatic heterocycles. The van der Waals surface area contributed by atoms with Gasteiger partial charge in [0.15, 0.2) is 0 Å². The highest BCUT2D eigenvalue weighted by Gasteiger charge is 1.96. The maximum Gasteiger partial charge on any atom is 0.0502 e. The maximum atomic E-state index is 5.00. The molecule has 0 saturated carbocycles. The van der Waals surface area contributed by atoms with Crippen LogP contribution in [0.1, 0.15) is 11.1 Å². The van der Waals surface area contributed by atoms with Crippen molar-refractivity contribution in [1.29, 1.82) is 0 Å². The Morgan fingerprint density at radius 1 is 1.42 bits per heavy atom. The fourth-order valence-electron chi connectivity index (χ4n) is 1.01. The van der Waals surface area contributed by atoms with Crippen molar-refractivity contribution in [2.24, 2.45) is 0 Å². The number of ether oxygens (including phenoxy) is 1. The SMILES string of the molecule is COCCc1ccc(C)c(Br)c1. The van der Waals surface area contributed by atoms with E-state index in [-0.39, 0.29) is 0 Å². The van der Waals surface area contributed by atoms with Crippen molar-refractivity contribution in [1.82, 2.24) is 0 Å². The lowest BCUT2D eigenvalue weighted by atomic mass is 10.1. The van der Waals surface area contributed by atoms with Gasteiger partial charge in [-0.3, -0.25) is 0 Å². The van der Waals surface area contributed by atoms with Crippen molar-refractivity contribution in [2.45, 2.75) is 13.3 Å². The Bertz CT molecular complexity index is 258. The van der Waals surface area contributed by atoms with Crippen LogP contribution in [0.3, 0.4) is 0 Å². The van der Waals surface area contributed by atoms with Gasteiger partial charge in [-0.2, -0.15) is 0 Å². The third kappa shape index (κ3) is 2.61. The Balaban J connectivity index is 2.69. The summed E-state index contributed by atoms with van der Waals surface area (Å²) in [6.07, 6.45) is 0.982. The lowest BCUT2D eigenvalue weighted by Crippen LogP contribution is -1.94. The number of methoxy groups -OCH3 is 1. The van der Waals surface area contributed by atoms with Crippen molar-refractivity contribution >= 4 is 15.9 Å². The zero-order valence-corrected chi connectivity index (χ0v) is 9.02. The van der Waals surface area contributed by atoms with E-state index in [1.165, 1.54) is 15.6 Å². The molecule has 0 heterocycles. The molecule has 0 atom stereocenters. The van der Waals surface area contributed by atoms with Gasteiger partial charge in [-0.05, 0) is 30.5 Å². The second-order valence-corrected chi connectivity index (χ2v) is 3.68. The van der Waals surface area contributed by atoms with Gasteiger partial charge in [0.1, 0.15) is 0 Å². The summed E-state index contributed by atoms with van der Waals surface area (Å²) >= 11 is 3.50. The molecule has 66 valence electrons. The fraction of sp³-hybridized carbons (Fsp3) is 0.400. The molecule has 0 aliphatic rings. The van der Waals surface area contributed by atoms with Crippen molar-refractivity contribution < 1.29 is 4.74 Å². The standard InChI is InChI=1S/C10H13BrO/c1-8-3-4-9(5-6-12-2)7-10(8)11/h3-4,7H,5-6H2,1-2H3. The molecule has 0 unspecified atom stereocenters. The fourth-order valence-corrected chi connectivity index (χ4v) is 1.44. The van der Waals surface area contributed by atoms with Crippen LogP contribution in [-0.4, -0.2) is 13.7 Å². The molecular formula is C10H13BrO. The minimum absolute atomic E-state index is 0.787. The molecule has 0 spiro atoms. The second-order valence-electron chi connectivity index (χ2n) is 2.83. The largest absolute Gasteiger partial charge is 0.384 e. The first-order chi connectivity index (χ1) is 5.74. The molecule has 0 aliphatic carbocycles. The summed E-state index contributed by atoms with van der Waals surface area (Å²) < 4.78 is 6.18. The van der Waals surface area contributed by atoms with Crippen LogP contribution in [0.4, 0.5) is 0 Å². The highest BCUT2D eigenvalue weighted by atomic mass is 79.9. The minimum Gasteiger partial charge on any atom is -0.384 e. The summed E-state index contributed by atoms with van der Waals surface area (Å²) in [6.45, 7) is 2.87. The van der Waals surface area contributed by atoms with Crippen LogP contribution in [0, 0.1) is 6.92 Å². The van der Waals surface area contributed by atoms with Gasteiger partial charge in [-0.1, -0.05) is 28.1 Å². The number of benzene rings is 1. The monoisotopic (exact) mass is 228 g/mol. The predicted octanol–water partition coefficient (Wildman–Crippen LogP) is 2.95. The van der Waals surface area contributed by atoms with Crippen LogP contribution in [0.25, 0.3) is 0 Å². The number of hydrogen-bond donors (Lipinski definition) is 0. The van der Waals surface area contributed by atoms with Crippen LogP contribution >= 0.6 is 15.9 Å². The number of aryl methyl sites for hydroxylation is 1. The highest BCUT2D eigenvalue weighted by molar-refractivity contribution is 9.10. The summed E-state index contributed by atoms with van der Waals surface area (Å²) in [4.78, 5) is 0. The molecule has 0 aliphatic heterocycles. The Morgan fingerprint density at radius 2 is 2.17 bits per heavy atom. The third-order valence-electron chi connectivity index (χ3n) is 1.83. The zero-order valence-electron chi connectivity index (χ0n) is 7.43. The summed E-state index contributed by atoms with van der Waals surface area (Å²) in [5, 5.41) is 0. The highest BCUT2D eigenvalue weighted by Crippen LogP contribution is 2.17. The topological polar surface area (TPSA) is 9.23 Å². The smallest absolute Gasteiger partial charge is 0.0502 e. The Hall–Kier alpha value is -0.340. The molecule has 1 rings (SSSR count). The van der Waals surface area contributed by atoms with Gasteiger partial charge in [0.05, 0.1) is 6.61 Å². The van der Waals surface area contributed by atoms with Gasteiger partial charge < -0.3 is 4.74 Å². The summed E-state index contributed by atoms with van der Waals surface area (Å²) in [6, 6.07) is 6.41. The predicted molar refractivity (Wildman–Crippen MR) is 54.5 cm³/mol. The van der Waals surface area contributed by atoms with E-state index in [2.05, 4.69) is 41.1 Å². The molecule has 1 aromatic carbocycles. The Labute approximate surface area is 81.9 Å². The summed E-state index contributed by atoms with van der Waals surface area (Å²) in [5.41, 5.74) is 2.59. The molecule has 0 N–H and O–H groups in total. The van der Waals surface area contributed by atoms with E-state index >= 15 is 0 Å². The Kier molecular flexibility index (Phi) is 3.76. The Morgan fingerprint density at radius 3 is 2.75 bits per heavy atom. The molecule has 1 aromatic rings. The van der Waals surface area contributed by atoms with Crippen molar-refractivity contribution in [3.8, 4) is 0 Å². The van der Waals surface area contributed by atoms with E-state index < -0.39 is 0 Å². The first-order valence-corrected chi connectivity index (χ1v) is 4.77. The van der Waals surface area contributed by atoms with Crippen LogP contribution < -0.4 is 0 Å². The second kappa shape index (κ2) is 4.63. The van der Waals surface area contributed by atoms with Crippen molar-refractivity contribution in [3.05, 3.63) is 33.8 Å². The third-order valence-corrected chi connectivity index (χ3v) is 2.69. The lowest BCUT2D eigenvalue weighted by Gasteiger charge is -2.02. The molecule has 2 heteroatoms. The zero-order chi connectivity index (χ0) is 8.97. The molecule has 0 radical (unpaired) electrons. The van der Waals surface area contributed by atoms with Crippen LogP contribution in [0.2, 0.25) is 0 Å².